The van der Waals surface area contributed by atoms with Crippen molar-refractivity contribution in [2.75, 3.05) is 0 Å². The number of imidazole rings is 1. The summed E-state index contributed by atoms with van der Waals surface area (Å²) < 4.78 is 40.0. The summed E-state index contributed by atoms with van der Waals surface area (Å²) >= 11 is 0. The summed E-state index contributed by atoms with van der Waals surface area (Å²) in [5, 5.41) is 9.16. The van der Waals surface area contributed by atoms with E-state index in [2.05, 4.69) is 9.97 Å². The third kappa shape index (κ3) is 2.55. The molecule has 8 heteroatoms. The van der Waals surface area contributed by atoms with Gasteiger partial charge in [0, 0.05) is 18.0 Å². The van der Waals surface area contributed by atoms with E-state index < -0.39 is 17.7 Å². The summed E-state index contributed by atoms with van der Waals surface area (Å²) in [6, 6.07) is 9.12. The van der Waals surface area contributed by atoms with Crippen LogP contribution in [-0.2, 0) is 6.18 Å². The summed E-state index contributed by atoms with van der Waals surface area (Å²) in [7, 11) is 0. The van der Waals surface area contributed by atoms with Crippen molar-refractivity contribution in [1.82, 2.24) is 14.4 Å². The molecule has 0 aliphatic carbocycles. The Balaban J connectivity index is 1.95. The molecule has 26 heavy (non-hydrogen) atoms. The highest BCUT2D eigenvalue weighted by Crippen LogP contribution is 2.32. The van der Waals surface area contributed by atoms with Gasteiger partial charge in [-0.25, -0.2) is 14.8 Å². The largest absolute Gasteiger partial charge is 0.478 e. The number of carboxylic acid groups (broad SMARTS) is 1. The Labute approximate surface area is 144 Å². The van der Waals surface area contributed by atoms with Gasteiger partial charge in [-0.15, -0.1) is 0 Å². The van der Waals surface area contributed by atoms with Gasteiger partial charge >= 0.3 is 12.1 Å². The Morgan fingerprint density at radius 1 is 1.08 bits per heavy atom. The van der Waals surface area contributed by atoms with Gasteiger partial charge < -0.3 is 5.11 Å². The molecule has 130 valence electrons. The third-order valence-electron chi connectivity index (χ3n) is 4.05. The standard InChI is InChI=1S/C18H10F3N3O2/c19-18(20,21)12-4-1-10(2-5-12)15-16-22-7-8-24(16)14-6-3-11(17(25)26)9-13(14)23-15/h1-9H,(H,25,26). The Morgan fingerprint density at radius 2 is 1.81 bits per heavy atom. The number of fused-ring (bicyclic) bond motifs is 3. The van der Waals surface area contributed by atoms with Gasteiger partial charge in [0.2, 0.25) is 0 Å². The highest BCUT2D eigenvalue weighted by atomic mass is 19.4. The van der Waals surface area contributed by atoms with Crippen LogP contribution >= 0.6 is 0 Å². The fourth-order valence-corrected chi connectivity index (χ4v) is 2.80. The molecule has 0 amide bonds. The summed E-state index contributed by atoms with van der Waals surface area (Å²) in [6.45, 7) is 0. The minimum absolute atomic E-state index is 0.0721. The van der Waals surface area contributed by atoms with E-state index in [9.17, 15) is 18.0 Å². The molecule has 0 saturated heterocycles. The number of hydrogen-bond donors (Lipinski definition) is 1. The Morgan fingerprint density at radius 3 is 2.46 bits per heavy atom. The van der Waals surface area contributed by atoms with Crippen LogP contribution in [0.15, 0.2) is 54.9 Å². The maximum Gasteiger partial charge on any atom is 0.416 e. The van der Waals surface area contributed by atoms with Crippen molar-refractivity contribution in [3.8, 4) is 11.3 Å². The van der Waals surface area contributed by atoms with Crippen LogP contribution in [0.1, 0.15) is 15.9 Å². The fraction of sp³-hybridized carbons (Fsp3) is 0.0556. The van der Waals surface area contributed by atoms with Crippen molar-refractivity contribution in [3.05, 3.63) is 66.0 Å². The molecule has 0 radical (unpaired) electrons. The molecule has 0 spiro atoms. The van der Waals surface area contributed by atoms with Gasteiger partial charge in [0.05, 0.1) is 22.2 Å². The van der Waals surface area contributed by atoms with E-state index in [-0.39, 0.29) is 5.56 Å². The minimum Gasteiger partial charge on any atom is -0.478 e. The summed E-state index contributed by atoms with van der Waals surface area (Å²) in [4.78, 5) is 19.9. The molecular formula is C18H10F3N3O2. The SMILES string of the molecule is O=C(O)c1ccc2c(c1)nc(-c1ccc(C(F)(F)F)cc1)c1nccn12. The van der Waals surface area contributed by atoms with Gasteiger partial charge in [-0.05, 0) is 30.3 Å². The molecule has 4 rings (SSSR count). The molecule has 2 aromatic heterocycles. The molecule has 0 aliphatic heterocycles. The van der Waals surface area contributed by atoms with Crippen molar-refractivity contribution < 1.29 is 23.1 Å². The second-order valence-electron chi connectivity index (χ2n) is 5.67. The number of carbonyl (C=O) groups is 1. The fourth-order valence-electron chi connectivity index (χ4n) is 2.80. The number of nitrogens with zero attached hydrogens (tertiary/aromatic N) is 3. The summed E-state index contributed by atoms with van der Waals surface area (Å²) in [5.41, 5.74) is 1.68. The molecular weight excluding hydrogens is 347 g/mol. The van der Waals surface area contributed by atoms with Gasteiger partial charge in [0.1, 0.15) is 5.69 Å². The van der Waals surface area contributed by atoms with Gasteiger partial charge in [0.15, 0.2) is 5.65 Å². The van der Waals surface area contributed by atoms with Crippen molar-refractivity contribution in [3.63, 3.8) is 0 Å². The zero-order valence-electron chi connectivity index (χ0n) is 13.0. The topological polar surface area (TPSA) is 67.5 Å². The van der Waals surface area contributed by atoms with E-state index in [1.165, 1.54) is 24.3 Å². The van der Waals surface area contributed by atoms with Crippen LogP contribution in [0.2, 0.25) is 0 Å². The number of carboxylic acids is 1. The smallest absolute Gasteiger partial charge is 0.416 e. The first kappa shape index (κ1) is 16.1. The van der Waals surface area contributed by atoms with Gasteiger partial charge in [-0.2, -0.15) is 13.2 Å². The first-order chi connectivity index (χ1) is 12.3. The van der Waals surface area contributed by atoms with Gasteiger partial charge in [-0.1, -0.05) is 12.1 Å². The molecule has 0 fully saturated rings. The van der Waals surface area contributed by atoms with Crippen molar-refractivity contribution in [2.45, 2.75) is 6.18 Å². The molecule has 0 bridgehead atoms. The first-order valence-corrected chi connectivity index (χ1v) is 7.52. The lowest BCUT2D eigenvalue weighted by atomic mass is 10.1. The Kier molecular flexibility index (Phi) is 3.43. The van der Waals surface area contributed by atoms with Crippen LogP contribution in [0.4, 0.5) is 13.2 Å². The lowest BCUT2D eigenvalue weighted by Gasteiger charge is -2.10. The van der Waals surface area contributed by atoms with Crippen LogP contribution in [0, 0.1) is 0 Å². The van der Waals surface area contributed by atoms with E-state index in [0.717, 1.165) is 12.1 Å². The average molecular weight is 357 g/mol. The predicted molar refractivity (Wildman–Crippen MR) is 87.9 cm³/mol. The molecule has 0 atom stereocenters. The predicted octanol–water partition coefficient (Wildman–Crippen LogP) is 4.27. The van der Waals surface area contributed by atoms with Crippen molar-refractivity contribution >= 4 is 22.6 Å². The van der Waals surface area contributed by atoms with Crippen LogP contribution in [0.25, 0.3) is 27.9 Å². The molecule has 2 aromatic carbocycles. The van der Waals surface area contributed by atoms with E-state index >= 15 is 0 Å². The first-order valence-electron chi connectivity index (χ1n) is 7.52. The Bertz CT molecular complexity index is 1150. The van der Waals surface area contributed by atoms with Crippen LogP contribution in [-0.4, -0.2) is 25.4 Å². The molecule has 0 aliphatic rings. The highest BCUT2D eigenvalue weighted by Gasteiger charge is 2.30. The number of alkyl halides is 3. The third-order valence-corrected chi connectivity index (χ3v) is 4.05. The van der Waals surface area contributed by atoms with E-state index in [1.807, 2.05) is 0 Å². The summed E-state index contributed by atoms with van der Waals surface area (Å²) in [5.74, 6) is -1.09. The molecule has 1 N–H and O–H groups in total. The summed E-state index contributed by atoms with van der Waals surface area (Å²) in [6.07, 6.45) is -1.18. The van der Waals surface area contributed by atoms with Crippen molar-refractivity contribution in [2.24, 2.45) is 0 Å². The second-order valence-corrected chi connectivity index (χ2v) is 5.67. The number of aromatic carboxylic acids is 1. The number of halogens is 3. The van der Waals surface area contributed by atoms with Crippen molar-refractivity contribution in [1.29, 1.82) is 0 Å². The minimum atomic E-state index is -4.42. The second kappa shape index (κ2) is 5.55. The van der Waals surface area contributed by atoms with Crippen LogP contribution < -0.4 is 0 Å². The lowest BCUT2D eigenvalue weighted by molar-refractivity contribution is -0.137. The number of aromatic nitrogens is 3. The average Bonchev–Trinajstić information content (AvgIpc) is 3.09. The quantitative estimate of drug-likeness (QED) is 0.582. The van der Waals surface area contributed by atoms with E-state index in [0.29, 0.717) is 27.9 Å². The molecule has 0 unspecified atom stereocenters. The molecule has 0 saturated carbocycles. The monoisotopic (exact) mass is 357 g/mol. The zero-order chi connectivity index (χ0) is 18.5. The highest BCUT2D eigenvalue weighted by molar-refractivity contribution is 5.94. The molecule has 4 aromatic rings. The van der Waals surface area contributed by atoms with E-state index in [1.54, 1.807) is 22.9 Å². The maximum atomic E-state index is 12.8. The van der Waals surface area contributed by atoms with E-state index in [4.69, 9.17) is 5.11 Å². The van der Waals surface area contributed by atoms with Crippen LogP contribution in [0.3, 0.4) is 0 Å². The van der Waals surface area contributed by atoms with Gasteiger partial charge in [0.25, 0.3) is 0 Å². The van der Waals surface area contributed by atoms with Gasteiger partial charge in [-0.3, -0.25) is 4.40 Å². The van der Waals surface area contributed by atoms with Crippen LogP contribution in [0.5, 0.6) is 0 Å². The number of hydrogen-bond acceptors (Lipinski definition) is 3. The molecule has 2 heterocycles. The number of benzene rings is 2. The number of rotatable bonds is 2. The normalized spacial score (nSPS) is 12.0. The zero-order valence-corrected chi connectivity index (χ0v) is 13.0. The Hall–Kier alpha value is -3.42. The maximum absolute atomic E-state index is 12.8. The molecule has 5 nitrogen and oxygen atoms in total. The lowest BCUT2D eigenvalue weighted by Crippen LogP contribution is -2.04.